The minimum atomic E-state index is -0.980. The third-order valence-electron chi connectivity index (χ3n) is 3.94. The van der Waals surface area contributed by atoms with E-state index in [1.807, 2.05) is 24.3 Å². The number of primary amides is 1. The van der Waals surface area contributed by atoms with Gasteiger partial charge in [0.2, 0.25) is 5.91 Å². The molecule has 140 valence electrons. The van der Waals surface area contributed by atoms with Crippen molar-refractivity contribution in [2.45, 2.75) is 32.0 Å². The van der Waals surface area contributed by atoms with Crippen LogP contribution in [-0.2, 0) is 11.4 Å². The Morgan fingerprint density at radius 1 is 1.04 bits per heavy atom. The molecule has 0 aliphatic rings. The first-order valence-corrected chi connectivity index (χ1v) is 8.41. The molecule has 0 bridgehead atoms. The fourth-order valence-corrected chi connectivity index (χ4v) is 2.38. The molecule has 0 saturated carbocycles. The zero-order valence-corrected chi connectivity index (χ0v) is 15.3. The van der Waals surface area contributed by atoms with Gasteiger partial charge >= 0.3 is 0 Å². The Bertz CT molecular complexity index is 870. The van der Waals surface area contributed by atoms with Crippen LogP contribution in [0, 0.1) is 11.8 Å². The van der Waals surface area contributed by atoms with Crippen LogP contribution in [0.2, 0.25) is 0 Å². The molecule has 2 rings (SSSR count). The van der Waals surface area contributed by atoms with Crippen molar-refractivity contribution in [1.82, 2.24) is 5.32 Å². The second kappa shape index (κ2) is 8.49. The van der Waals surface area contributed by atoms with Gasteiger partial charge in [0.1, 0.15) is 6.04 Å². The number of aliphatic hydroxyl groups is 1. The normalized spacial score (nSPS) is 11.9. The van der Waals surface area contributed by atoms with Crippen LogP contribution < -0.4 is 16.8 Å². The molecule has 2 aromatic rings. The molecule has 2 aromatic carbocycles. The quantitative estimate of drug-likeness (QED) is 0.589. The lowest BCUT2D eigenvalue weighted by molar-refractivity contribution is -0.121. The van der Waals surface area contributed by atoms with Crippen LogP contribution in [0.5, 0.6) is 0 Å². The summed E-state index contributed by atoms with van der Waals surface area (Å²) in [7, 11) is 0. The van der Waals surface area contributed by atoms with Crippen molar-refractivity contribution >= 4 is 11.8 Å². The molecule has 6 N–H and O–H groups in total. The highest BCUT2D eigenvalue weighted by Crippen LogP contribution is 2.09. The van der Waals surface area contributed by atoms with Crippen molar-refractivity contribution in [3.63, 3.8) is 0 Å². The van der Waals surface area contributed by atoms with Crippen LogP contribution >= 0.6 is 0 Å². The van der Waals surface area contributed by atoms with E-state index in [1.165, 1.54) is 0 Å². The van der Waals surface area contributed by atoms with Crippen LogP contribution in [0.25, 0.3) is 0 Å². The number of benzene rings is 2. The molecule has 0 saturated heterocycles. The molecule has 0 radical (unpaired) electrons. The number of carbonyl (C=O) groups excluding carboxylic acids is 2. The van der Waals surface area contributed by atoms with Gasteiger partial charge in [-0.25, -0.2) is 0 Å². The van der Waals surface area contributed by atoms with E-state index in [9.17, 15) is 9.59 Å². The lowest BCUT2D eigenvalue weighted by Gasteiger charge is -2.28. The second-order valence-corrected chi connectivity index (χ2v) is 6.81. The molecule has 1 atom stereocenters. The van der Waals surface area contributed by atoms with Crippen molar-refractivity contribution in [2.24, 2.45) is 11.5 Å². The van der Waals surface area contributed by atoms with Crippen LogP contribution in [-0.4, -0.2) is 28.5 Å². The average Bonchev–Trinajstić information content (AvgIpc) is 2.64. The van der Waals surface area contributed by atoms with Crippen LogP contribution in [0.15, 0.2) is 48.5 Å². The Morgan fingerprint density at radius 3 is 1.93 bits per heavy atom. The third kappa shape index (κ3) is 5.68. The first kappa shape index (κ1) is 20.2. The van der Waals surface area contributed by atoms with E-state index < -0.39 is 23.4 Å². The summed E-state index contributed by atoms with van der Waals surface area (Å²) in [6.45, 7) is 3.23. The average molecular weight is 365 g/mol. The number of carbonyl (C=O) groups is 2. The van der Waals surface area contributed by atoms with E-state index in [-0.39, 0.29) is 6.61 Å². The predicted octanol–water partition coefficient (Wildman–Crippen LogP) is 0.900. The number of nitrogens with one attached hydrogen (secondary N) is 1. The van der Waals surface area contributed by atoms with Crippen molar-refractivity contribution in [1.29, 1.82) is 0 Å². The first-order valence-electron chi connectivity index (χ1n) is 8.41. The maximum absolute atomic E-state index is 12.3. The molecule has 0 aliphatic heterocycles. The molecule has 27 heavy (non-hydrogen) atoms. The largest absolute Gasteiger partial charge is 0.392 e. The van der Waals surface area contributed by atoms with Gasteiger partial charge in [0.05, 0.1) is 6.61 Å². The minimum absolute atomic E-state index is 0.00478. The molecule has 0 spiro atoms. The number of nitrogens with two attached hydrogens (primary N) is 2. The van der Waals surface area contributed by atoms with E-state index in [0.717, 1.165) is 16.7 Å². The molecule has 1 unspecified atom stereocenters. The van der Waals surface area contributed by atoms with Gasteiger partial charge < -0.3 is 21.9 Å². The molecular formula is C21H23N3O3. The van der Waals surface area contributed by atoms with Crippen LogP contribution in [0.3, 0.4) is 0 Å². The summed E-state index contributed by atoms with van der Waals surface area (Å²) >= 11 is 0. The summed E-state index contributed by atoms with van der Waals surface area (Å²) in [6, 6.07) is 13.0. The zero-order valence-electron chi connectivity index (χ0n) is 15.3. The fraction of sp³-hybridized carbons (Fsp3) is 0.238. The number of rotatable bonds is 5. The first-order chi connectivity index (χ1) is 12.7. The second-order valence-electron chi connectivity index (χ2n) is 6.81. The standard InChI is InChI=1S/C21H23N3O3/c1-21(2,23)18(19(22)26)24-20(27)17-11-9-15(10-12-17)4-3-14-5-7-16(13-25)8-6-14/h5-12,18,25H,13,23H2,1-2H3,(H2,22,26)(H,24,27). The number of aliphatic hydroxyl groups excluding tert-OH is 1. The Morgan fingerprint density at radius 2 is 1.52 bits per heavy atom. The molecule has 0 aromatic heterocycles. The number of hydrogen-bond donors (Lipinski definition) is 4. The van der Waals surface area contributed by atoms with Crippen molar-refractivity contribution in [3.05, 3.63) is 70.8 Å². The van der Waals surface area contributed by atoms with Gasteiger partial charge in [0.25, 0.3) is 5.91 Å². The molecule has 6 nitrogen and oxygen atoms in total. The molecular weight excluding hydrogens is 342 g/mol. The molecule has 2 amide bonds. The molecule has 0 heterocycles. The predicted molar refractivity (Wildman–Crippen MR) is 104 cm³/mol. The van der Waals surface area contributed by atoms with Crippen molar-refractivity contribution in [2.75, 3.05) is 0 Å². The Balaban J connectivity index is 2.09. The maximum atomic E-state index is 12.3. The summed E-state index contributed by atoms with van der Waals surface area (Å²) in [6.07, 6.45) is 0. The highest BCUT2D eigenvalue weighted by Gasteiger charge is 2.31. The van der Waals surface area contributed by atoms with E-state index in [1.54, 1.807) is 38.1 Å². The summed E-state index contributed by atoms with van der Waals surface area (Å²) in [5, 5.41) is 11.6. The Hall–Kier alpha value is -3.14. The van der Waals surface area contributed by atoms with E-state index >= 15 is 0 Å². The topological polar surface area (TPSA) is 118 Å². The number of amides is 2. The van der Waals surface area contributed by atoms with Gasteiger partial charge in [-0.1, -0.05) is 24.0 Å². The lowest BCUT2D eigenvalue weighted by atomic mass is 9.95. The van der Waals surface area contributed by atoms with Gasteiger partial charge in [-0.05, 0) is 55.8 Å². The van der Waals surface area contributed by atoms with Gasteiger partial charge in [0.15, 0.2) is 0 Å². The van der Waals surface area contributed by atoms with Gasteiger partial charge in [0, 0.05) is 22.2 Å². The van der Waals surface area contributed by atoms with Gasteiger partial charge in [-0.3, -0.25) is 9.59 Å². The molecule has 6 heteroatoms. The van der Waals surface area contributed by atoms with Crippen molar-refractivity contribution in [3.8, 4) is 11.8 Å². The Labute approximate surface area is 158 Å². The van der Waals surface area contributed by atoms with E-state index in [2.05, 4.69) is 17.2 Å². The highest BCUT2D eigenvalue weighted by atomic mass is 16.3. The highest BCUT2D eigenvalue weighted by molar-refractivity contribution is 5.97. The van der Waals surface area contributed by atoms with E-state index in [0.29, 0.717) is 5.56 Å². The Kier molecular flexibility index (Phi) is 6.35. The molecule has 0 aliphatic carbocycles. The number of hydrogen-bond acceptors (Lipinski definition) is 4. The van der Waals surface area contributed by atoms with E-state index in [4.69, 9.17) is 16.6 Å². The van der Waals surface area contributed by atoms with Gasteiger partial charge in [-0.2, -0.15) is 0 Å². The maximum Gasteiger partial charge on any atom is 0.251 e. The molecule has 0 fully saturated rings. The lowest BCUT2D eigenvalue weighted by Crippen LogP contribution is -2.60. The summed E-state index contributed by atoms with van der Waals surface area (Å²) < 4.78 is 0. The van der Waals surface area contributed by atoms with Crippen molar-refractivity contribution < 1.29 is 14.7 Å². The van der Waals surface area contributed by atoms with Gasteiger partial charge in [-0.15, -0.1) is 0 Å². The fourth-order valence-electron chi connectivity index (χ4n) is 2.38. The van der Waals surface area contributed by atoms with Crippen LogP contribution in [0.1, 0.15) is 40.9 Å². The minimum Gasteiger partial charge on any atom is -0.392 e. The van der Waals surface area contributed by atoms with Crippen LogP contribution in [0.4, 0.5) is 0 Å². The SMILES string of the molecule is CC(C)(N)C(NC(=O)c1ccc(C#Cc2ccc(CO)cc2)cc1)C(N)=O. The summed E-state index contributed by atoms with van der Waals surface area (Å²) in [5.41, 5.74) is 13.0. The third-order valence-corrected chi connectivity index (χ3v) is 3.94. The smallest absolute Gasteiger partial charge is 0.251 e. The zero-order chi connectivity index (χ0) is 20.0. The monoisotopic (exact) mass is 365 g/mol. The summed E-state index contributed by atoms with van der Waals surface area (Å²) in [5.74, 6) is 4.90. The summed E-state index contributed by atoms with van der Waals surface area (Å²) in [4.78, 5) is 23.8.